The van der Waals surface area contributed by atoms with Crippen LogP contribution in [-0.4, -0.2) is 22.3 Å². The smallest absolute Gasteiger partial charge is 0.129 e. The van der Waals surface area contributed by atoms with Crippen LogP contribution < -0.4 is 5.73 Å². The van der Waals surface area contributed by atoms with Crippen molar-refractivity contribution >= 4 is 5.82 Å². The predicted molar refractivity (Wildman–Crippen MR) is 66.4 cm³/mol. The van der Waals surface area contributed by atoms with Crippen LogP contribution in [-0.2, 0) is 10.3 Å². The Hall–Kier alpha value is -1.13. The van der Waals surface area contributed by atoms with Gasteiger partial charge in [0, 0.05) is 24.6 Å². The van der Waals surface area contributed by atoms with E-state index < -0.39 is 5.60 Å². The molecular weight excluding hydrogens is 216 g/mol. The summed E-state index contributed by atoms with van der Waals surface area (Å²) in [5.74, 6) is 0.412. The maximum absolute atomic E-state index is 10.8. The van der Waals surface area contributed by atoms with Crippen molar-refractivity contribution in [3.63, 3.8) is 0 Å². The normalized spacial score (nSPS) is 33.6. The lowest BCUT2D eigenvalue weighted by Crippen LogP contribution is -2.45. The zero-order valence-corrected chi connectivity index (χ0v) is 10.4. The lowest BCUT2D eigenvalue weighted by molar-refractivity contribution is -0.157. The minimum atomic E-state index is -0.915. The van der Waals surface area contributed by atoms with Crippen molar-refractivity contribution in [1.29, 1.82) is 0 Å². The molecule has 94 valence electrons. The van der Waals surface area contributed by atoms with Gasteiger partial charge in [0.25, 0.3) is 0 Å². The Labute approximate surface area is 102 Å². The average Bonchev–Trinajstić information content (AvgIpc) is 2.29. The molecule has 0 saturated carbocycles. The quantitative estimate of drug-likeness (QED) is 0.822. The van der Waals surface area contributed by atoms with E-state index in [0.29, 0.717) is 25.3 Å². The third-order valence-electron chi connectivity index (χ3n) is 3.72. The van der Waals surface area contributed by atoms with Crippen LogP contribution in [0, 0.1) is 0 Å². The number of nitrogen functional groups attached to an aromatic ring is 1. The number of ether oxygens (including phenoxy) is 1. The van der Waals surface area contributed by atoms with Gasteiger partial charge in [0.15, 0.2) is 0 Å². The summed E-state index contributed by atoms with van der Waals surface area (Å²) in [6, 6.07) is 3.66. The molecule has 2 heterocycles. The molecule has 3 N–H and O–H groups in total. The molecule has 1 aliphatic heterocycles. The number of nitrogens with two attached hydrogens (primary N) is 1. The van der Waals surface area contributed by atoms with Gasteiger partial charge in [-0.25, -0.2) is 4.98 Å². The van der Waals surface area contributed by atoms with E-state index in [1.807, 2.05) is 19.1 Å². The summed E-state index contributed by atoms with van der Waals surface area (Å²) in [5.41, 5.74) is 5.38. The fraction of sp³-hybridized carbons (Fsp3) is 0.615. The van der Waals surface area contributed by atoms with Crippen LogP contribution in [0.15, 0.2) is 18.3 Å². The van der Waals surface area contributed by atoms with Crippen LogP contribution >= 0.6 is 0 Å². The fourth-order valence-corrected chi connectivity index (χ4v) is 2.49. The number of hydrogen-bond donors (Lipinski definition) is 2. The number of aromatic nitrogens is 1. The molecule has 17 heavy (non-hydrogen) atoms. The first-order valence-corrected chi connectivity index (χ1v) is 6.06. The lowest BCUT2D eigenvalue weighted by Gasteiger charge is -2.43. The summed E-state index contributed by atoms with van der Waals surface area (Å²) < 4.78 is 5.75. The van der Waals surface area contributed by atoms with Gasteiger partial charge >= 0.3 is 0 Å². The number of aliphatic hydroxyl groups is 1. The first-order chi connectivity index (χ1) is 7.99. The van der Waals surface area contributed by atoms with E-state index in [2.05, 4.69) is 11.9 Å². The SMILES string of the molecule is CCC1(C)CC(O)(c2cccnc2N)CCO1. The van der Waals surface area contributed by atoms with Crippen LogP contribution in [0.4, 0.5) is 5.82 Å². The zero-order chi connectivity index (χ0) is 12.5. The molecule has 2 unspecified atom stereocenters. The second-order valence-electron chi connectivity index (χ2n) is 5.05. The van der Waals surface area contributed by atoms with E-state index in [0.717, 1.165) is 12.0 Å². The first-order valence-electron chi connectivity index (χ1n) is 6.06. The molecule has 1 fully saturated rings. The van der Waals surface area contributed by atoms with Crippen molar-refractivity contribution < 1.29 is 9.84 Å². The highest BCUT2D eigenvalue weighted by atomic mass is 16.5. The molecule has 2 rings (SSSR count). The van der Waals surface area contributed by atoms with Gasteiger partial charge in [-0.2, -0.15) is 0 Å². The summed E-state index contributed by atoms with van der Waals surface area (Å²) in [4.78, 5) is 4.05. The minimum Gasteiger partial charge on any atom is -0.385 e. The van der Waals surface area contributed by atoms with Crippen molar-refractivity contribution in [2.45, 2.75) is 44.3 Å². The van der Waals surface area contributed by atoms with Gasteiger partial charge in [-0.3, -0.25) is 0 Å². The molecule has 1 saturated heterocycles. The van der Waals surface area contributed by atoms with Crippen molar-refractivity contribution in [1.82, 2.24) is 4.98 Å². The Balaban J connectivity index is 2.33. The molecule has 0 radical (unpaired) electrons. The van der Waals surface area contributed by atoms with Crippen LogP contribution in [0.1, 0.15) is 38.7 Å². The van der Waals surface area contributed by atoms with E-state index in [9.17, 15) is 5.11 Å². The monoisotopic (exact) mass is 236 g/mol. The zero-order valence-electron chi connectivity index (χ0n) is 10.4. The van der Waals surface area contributed by atoms with Crippen LogP contribution in [0.2, 0.25) is 0 Å². The molecule has 0 aliphatic carbocycles. The molecule has 1 aromatic rings. The summed E-state index contributed by atoms with van der Waals surface area (Å²) in [7, 11) is 0. The Morgan fingerprint density at radius 3 is 3.00 bits per heavy atom. The summed E-state index contributed by atoms with van der Waals surface area (Å²) in [6.07, 6.45) is 3.64. The highest BCUT2D eigenvalue weighted by Crippen LogP contribution is 2.42. The maximum atomic E-state index is 10.8. The molecule has 0 bridgehead atoms. The summed E-state index contributed by atoms with van der Waals surface area (Å²) in [5, 5.41) is 10.8. The second kappa shape index (κ2) is 4.27. The van der Waals surface area contributed by atoms with Crippen LogP contribution in [0.3, 0.4) is 0 Å². The highest BCUT2D eigenvalue weighted by molar-refractivity contribution is 5.43. The van der Waals surface area contributed by atoms with Crippen LogP contribution in [0.25, 0.3) is 0 Å². The number of pyridine rings is 1. The summed E-state index contributed by atoms with van der Waals surface area (Å²) >= 11 is 0. The molecule has 0 spiro atoms. The van der Waals surface area contributed by atoms with Gasteiger partial charge in [0.2, 0.25) is 0 Å². The Kier molecular flexibility index (Phi) is 3.10. The first kappa shape index (κ1) is 12.3. The topological polar surface area (TPSA) is 68.4 Å². The van der Waals surface area contributed by atoms with Crippen molar-refractivity contribution in [2.24, 2.45) is 0 Å². The second-order valence-corrected chi connectivity index (χ2v) is 5.05. The van der Waals surface area contributed by atoms with E-state index in [1.165, 1.54) is 0 Å². The van der Waals surface area contributed by atoms with Crippen molar-refractivity contribution in [3.8, 4) is 0 Å². The third-order valence-corrected chi connectivity index (χ3v) is 3.72. The third kappa shape index (κ3) is 2.28. The maximum Gasteiger partial charge on any atom is 0.129 e. The Bertz CT molecular complexity index is 410. The Morgan fingerprint density at radius 1 is 1.59 bits per heavy atom. The molecule has 1 aliphatic rings. The van der Waals surface area contributed by atoms with E-state index >= 15 is 0 Å². The lowest BCUT2D eigenvalue weighted by atomic mass is 9.78. The van der Waals surface area contributed by atoms with E-state index in [-0.39, 0.29) is 5.60 Å². The van der Waals surface area contributed by atoms with Gasteiger partial charge in [0.05, 0.1) is 17.8 Å². The van der Waals surface area contributed by atoms with Gasteiger partial charge in [-0.1, -0.05) is 13.0 Å². The van der Waals surface area contributed by atoms with Crippen molar-refractivity contribution in [3.05, 3.63) is 23.9 Å². The highest BCUT2D eigenvalue weighted by Gasteiger charge is 2.43. The Morgan fingerprint density at radius 2 is 2.35 bits per heavy atom. The van der Waals surface area contributed by atoms with Gasteiger partial charge < -0.3 is 15.6 Å². The minimum absolute atomic E-state index is 0.282. The number of nitrogens with zero attached hydrogens (tertiary/aromatic N) is 1. The molecular formula is C13H20N2O2. The van der Waals surface area contributed by atoms with Crippen molar-refractivity contribution in [2.75, 3.05) is 12.3 Å². The number of anilines is 1. The molecule has 1 aromatic heterocycles. The average molecular weight is 236 g/mol. The molecule has 0 amide bonds. The molecule has 0 aromatic carbocycles. The standard InChI is InChI=1S/C13H20N2O2/c1-3-12(2)9-13(16,6-8-17-12)10-5-4-7-15-11(10)14/h4-5,7,16H,3,6,8-9H2,1-2H3,(H2,14,15). The van der Waals surface area contributed by atoms with E-state index in [1.54, 1.807) is 6.20 Å². The predicted octanol–water partition coefficient (Wildman–Crippen LogP) is 1.83. The summed E-state index contributed by atoms with van der Waals surface area (Å²) in [6.45, 7) is 4.65. The largest absolute Gasteiger partial charge is 0.385 e. The molecule has 4 nitrogen and oxygen atoms in total. The van der Waals surface area contributed by atoms with E-state index in [4.69, 9.17) is 10.5 Å². The van der Waals surface area contributed by atoms with Crippen LogP contribution in [0.5, 0.6) is 0 Å². The molecule has 2 atom stereocenters. The molecule has 4 heteroatoms. The number of hydrogen-bond acceptors (Lipinski definition) is 4. The number of rotatable bonds is 2. The fourth-order valence-electron chi connectivity index (χ4n) is 2.49. The van der Waals surface area contributed by atoms with Gasteiger partial charge in [-0.15, -0.1) is 0 Å². The van der Waals surface area contributed by atoms with Gasteiger partial charge in [0.1, 0.15) is 5.82 Å². The van der Waals surface area contributed by atoms with Gasteiger partial charge in [-0.05, 0) is 19.4 Å².